The van der Waals surface area contributed by atoms with E-state index in [1.807, 2.05) is 22.9 Å². The molecule has 3 rings (SSSR count). The number of fused-ring (bicyclic) bond motifs is 1. The molecule has 3 aromatic rings. The highest BCUT2D eigenvalue weighted by Gasteiger charge is 2.09. The Morgan fingerprint density at radius 1 is 1.19 bits per heavy atom. The summed E-state index contributed by atoms with van der Waals surface area (Å²) < 4.78 is 4.69. The van der Waals surface area contributed by atoms with E-state index in [9.17, 15) is 0 Å². The predicted molar refractivity (Wildman–Crippen MR) is 63.8 cm³/mol. The molecule has 0 bridgehead atoms. The summed E-state index contributed by atoms with van der Waals surface area (Å²) in [7, 11) is 0. The van der Waals surface area contributed by atoms with Gasteiger partial charge in [-0.25, -0.2) is 4.63 Å². The van der Waals surface area contributed by atoms with Crippen LogP contribution in [0, 0.1) is 0 Å². The molecule has 0 unspecified atom stereocenters. The van der Waals surface area contributed by atoms with Crippen molar-refractivity contribution in [1.82, 2.24) is 10.3 Å². The molecule has 0 aliphatic carbocycles. The molecule has 0 saturated carbocycles. The van der Waals surface area contributed by atoms with E-state index in [1.165, 1.54) is 0 Å². The maximum Gasteiger partial charge on any atom is 0.160 e. The molecule has 5 nitrogen and oxygen atoms in total. The second-order valence-electron chi connectivity index (χ2n) is 3.30. The Morgan fingerprint density at radius 2 is 2.06 bits per heavy atom. The molecule has 1 aromatic carbocycles. The number of rotatable bonds is 2. The normalized spacial score (nSPS) is 10.8. The number of nitrogen functional groups attached to an aromatic ring is 1. The topological polar surface area (TPSA) is 77.0 Å². The zero-order chi connectivity index (χ0) is 11.0. The van der Waals surface area contributed by atoms with Gasteiger partial charge in [0.05, 0.1) is 11.4 Å². The number of thiophene rings is 1. The van der Waals surface area contributed by atoms with Crippen LogP contribution < -0.4 is 11.1 Å². The summed E-state index contributed by atoms with van der Waals surface area (Å²) in [4.78, 5) is 0. The first-order chi connectivity index (χ1) is 7.84. The Morgan fingerprint density at radius 3 is 2.88 bits per heavy atom. The van der Waals surface area contributed by atoms with E-state index in [4.69, 9.17) is 5.73 Å². The van der Waals surface area contributed by atoms with Crippen molar-refractivity contribution >= 4 is 39.4 Å². The largest absolute Gasteiger partial charge is 0.397 e. The van der Waals surface area contributed by atoms with Gasteiger partial charge < -0.3 is 11.1 Å². The van der Waals surface area contributed by atoms with Crippen LogP contribution in [0.4, 0.5) is 17.1 Å². The molecule has 3 N–H and O–H groups in total. The number of hydrogen-bond acceptors (Lipinski definition) is 6. The van der Waals surface area contributed by atoms with Gasteiger partial charge in [-0.15, -0.1) is 0 Å². The van der Waals surface area contributed by atoms with Gasteiger partial charge >= 0.3 is 0 Å². The molecule has 0 aliphatic rings. The summed E-state index contributed by atoms with van der Waals surface area (Å²) in [5.41, 5.74) is 9.39. The van der Waals surface area contributed by atoms with Crippen molar-refractivity contribution in [3.63, 3.8) is 0 Å². The highest BCUT2D eigenvalue weighted by Crippen LogP contribution is 2.28. The number of anilines is 3. The average molecular weight is 232 g/mol. The average Bonchev–Trinajstić information content (AvgIpc) is 2.92. The van der Waals surface area contributed by atoms with Crippen LogP contribution in [-0.2, 0) is 0 Å². The van der Waals surface area contributed by atoms with Crippen LogP contribution in [0.5, 0.6) is 0 Å². The van der Waals surface area contributed by atoms with Crippen molar-refractivity contribution in [2.45, 2.75) is 0 Å². The van der Waals surface area contributed by atoms with Gasteiger partial charge in [-0.2, -0.15) is 11.3 Å². The molecule has 80 valence electrons. The lowest BCUT2D eigenvalue weighted by Crippen LogP contribution is -1.92. The molecule has 0 aliphatic heterocycles. The van der Waals surface area contributed by atoms with Gasteiger partial charge in [-0.05, 0) is 33.9 Å². The lowest BCUT2D eigenvalue weighted by atomic mass is 10.2. The quantitative estimate of drug-likeness (QED) is 0.664. The Labute approximate surface area is 94.8 Å². The number of nitrogens with one attached hydrogen (secondary N) is 1. The van der Waals surface area contributed by atoms with Gasteiger partial charge in [0.15, 0.2) is 11.0 Å². The Hall–Kier alpha value is -2.08. The van der Waals surface area contributed by atoms with Crippen LogP contribution in [-0.4, -0.2) is 10.3 Å². The van der Waals surface area contributed by atoms with Crippen LogP contribution in [0.15, 0.2) is 33.6 Å². The van der Waals surface area contributed by atoms with Gasteiger partial charge in [0.2, 0.25) is 0 Å². The first-order valence-electron chi connectivity index (χ1n) is 4.64. The van der Waals surface area contributed by atoms with Crippen molar-refractivity contribution in [1.29, 1.82) is 0 Å². The maximum atomic E-state index is 5.75. The highest BCUT2D eigenvalue weighted by molar-refractivity contribution is 7.08. The highest BCUT2D eigenvalue weighted by atomic mass is 32.1. The van der Waals surface area contributed by atoms with Gasteiger partial charge in [0.1, 0.15) is 0 Å². The van der Waals surface area contributed by atoms with Crippen LogP contribution in [0.3, 0.4) is 0 Å². The van der Waals surface area contributed by atoms with Crippen LogP contribution in [0.25, 0.3) is 11.0 Å². The summed E-state index contributed by atoms with van der Waals surface area (Å²) in [6.45, 7) is 0. The summed E-state index contributed by atoms with van der Waals surface area (Å²) in [5, 5.41) is 14.8. The molecule has 0 saturated heterocycles. The fourth-order valence-corrected chi connectivity index (χ4v) is 2.07. The van der Waals surface area contributed by atoms with E-state index in [2.05, 4.69) is 20.3 Å². The van der Waals surface area contributed by atoms with E-state index in [0.717, 1.165) is 11.4 Å². The molecule has 0 spiro atoms. The van der Waals surface area contributed by atoms with E-state index >= 15 is 0 Å². The molecule has 0 atom stereocenters. The number of aromatic nitrogens is 2. The number of nitrogens with zero attached hydrogens (tertiary/aromatic N) is 2. The lowest BCUT2D eigenvalue weighted by Gasteiger charge is -2.04. The molecular weight excluding hydrogens is 224 g/mol. The lowest BCUT2D eigenvalue weighted by molar-refractivity contribution is 0.316. The minimum Gasteiger partial charge on any atom is -0.397 e. The second kappa shape index (κ2) is 3.49. The summed E-state index contributed by atoms with van der Waals surface area (Å²) in [6.07, 6.45) is 0. The van der Waals surface area contributed by atoms with Crippen molar-refractivity contribution in [2.75, 3.05) is 11.1 Å². The van der Waals surface area contributed by atoms with Crippen LogP contribution in [0.1, 0.15) is 0 Å². The monoisotopic (exact) mass is 232 g/mol. The van der Waals surface area contributed by atoms with Crippen molar-refractivity contribution in [2.24, 2.45) is 0 Å². The Bertz CT molecular complexity index is 617. The molecular formula is C10H8N4OS. The van der Waals surface area contributed by atoms with E-state index in [-0.39, 0.29) is 0 Å². The van der Waals surface area contributed by atoms with Crippen LogP contribution >= 0.6 is 11.3 Å². The van der Waals surface area contributed by atoms with Crippen molar-refractivity contribution < 1.29 is 4.63 Å². The molecule has 0 radical (unpaired) electrons. The Kier molecular flexibility index (Phi) is 2.00. The minimum atomic E-state index is 0.562. The van der Waals surface area contributed by atoms with Gasteiger partial charge in [-0.3, -0.25) is 0 Å². The fourth-order valence-electron chi connectivity index (χ4n) is 1.48. The smallest absolute Gasteiger partial charge is 0.160 e. The molecule has 2 aromatic heterocycles. The molecule has 0 fully saturated rings. The number of benzene rings is 1. The fraction of sp³-hybridized carbons (Fsp3) is 0. The zero-order valence-corrected chi connectivity index (χ0v) is 8.99. The molecule has 6 heteroatoms. The molecule has 0 amide bonds. The van der Waals surface area contributed by atoms with E-state index in [0.29, 0.717) is 16.7 Å². The van der Waals surface area contributed by atoms with E-state index in [1.54, 1.807) is 17.4 Å². The predicted octanol–water partition coefficient (Wildman–Crippen LogP) is 2.61. The first-order valence-corrected chi connectivity index (χ1v) is 5.59. The van der Waals surface area contributed by atoms with Crippen molar-refractivity contribution in [3.8, 4) is 0 Å². The molecule has 2 heterocycles. The van der Waals surface area contributed by atoms with Crippen molar-refractivity contribution in [3.05, 3.63) is 29.0 Å². The van der Waals surface area contributed by atoms with Gasteiger partial charge in [0, 0.05) is 11.1 Å². The third-order valence-corrected chi connectivity index (χ3v) is 2.93. The summed E-state index contributed by atoms with van der Waals surface area (Å²) >= 11 is 1.62. The standard InChI is InChI=1S/C10H8N4OS/c11-7-1-2-8(10-9(7)13-15-14-10)12-6-3-4-16-5-6/h1-5,12H,11H2. The third kappa shape index (κ3) is 1.40. The SMILES string of the molecule is Nc1ccc(Nc2ccsc2)c2nonc12. The number of nitrogens with two attached hydrogens (primary N) is 1. The number of hydrogen-bond donors (Lipinski definition) is 2. The summed E-state index contributed by atoms with van der Waals surface area (Å²) in [5.74, 6) is 0. The zero-order valence-electron chi connectivity index (χ0n) is 8.18. The third-order valence-electron chi connectivity index (χ3n) is 2.25. The maximum absolute atomic E-state index is 5.75. The van der Waals surface area contributed by atoms with Crippen LogP contribution in [0.2, 0.25) is 0 Å². The first kappa shape index (κ1) is 9.17. The van der Waals surface area contributed by atoms with Gasteiger partial charge in [0.25, 0.3) is 0 Å². The van der Waals surface area contributed by atoms with Gasteiger partial charge in [-0.1, -0.05) is 0 Å². The minimum absolute atomic E-state index is 0.562. The molecule has 16 heavy (non-hydrogen) atoms. The second-order valence-corrected chi connectivity index (χ2v) is 4.08. The van der Waals surface area contributed by atoms with E-state index < -0.39 is 0 Å². The summed E-state index contributed by atoms with van der Waals surface area (Å²) in [6, 6.07) is 5.63. The Balaban J connectivity index is 2.10.